The molecule has 7 nitrogen and oxygen atoms in total. The Labute approximate surface area is 135 Å². The van der Waals surface area contributed by atoms with E-state index >= 15 is 0 Å². The third-order valence-corrected chi connectivity index (χ3v) is 4.62. The van der Waals surface area contributed by atoms with Gasteiger partial charge in [0.05, 0.1) is 19.4 Å². The van der Waals surface area contributed by atoms with E-state index in [1.165, 1.54) is 0 Å². The van der Waals surface area contributed by atoms with E-state index < -0.39 is 0 Å². The lowest BCUT2D eigenvalue weighted by Gasteiger charge is -2.30. The summed E-state index contributed by atoms with van der Waals surface area (Å²) in [6.45, 7) is 4.31. The van der Waals surface area contributed by atoms with Gasteiger partial charge in [-0.3, -0.25) is 15.0 Å². The minimum atomic E-state index is 0.250. The summed E-state index contributed by atoms with van der Waals surface area (Å²) in [5.41, 5.74) is 1.14. The molecule has 4 rings (SSSR count). The zero-order valence-corrected chi connectivity index (χ0v) is 13.2. The van der Waals surface area contributed by atoms with Crippen LogP contribution in [0.5, 0.6) is 0 Å². The zero-order valence-electron chi connectivity index (χ0n) is 13.2. The van der Waals surface area contributed by atoms with Gasteiger partial charge in [-0.15, -0.1) is 0 Å². The fourth-order valence-corrected chi connectivity index (χ4v) is 3.24. The number of H-pyrrole nitrogens is 1. The van der Waals surface area contributed by atoms with E-state index in [9.17, 15) is 0 Å². The fourth-order valence-electron chi connectivity index (χ4n) is 3.24. The van der Waals surface area contributed by atoms with Crippen molar-refractivity contribution in [3.63, 3.8) is 0 Å². The quantitative estimate of drug-likeness (QED) is 0.877. The van der Waals surface area contributed by atoms with Gasteiger partial charge < -0.3 is 14.8 Å². The Balaban J connectivity index is 1.47. The SMILES string of the molecule is C1=NC=C(OC2CCNCC2)N(c2cc([C@@H]3CCOC3)[nH]n2)C1. The summed E-state index contributed by atoms with van der Waals surface area (Å²) in [5.74, 6) is 2.10. The van der Waals surface area contributed by atoms with Crippen molar-refractivity contribution in [2.75, 3.05) is 37.7 Å². The molecule has 2 saturated heterocycles. The molecule has 1 aromatic rings. The third kappa shape index (κ3) is 3.25. The highest BCUT2D eigenvalue weighted by molar-refractivity contribution is 5.69. The Kier molecular flexibility index (Phi) is 4.30. The van der Waals surface area contributed by atoms with Crippen LogP contribution < -0.4 is 10.2 Å². The van der Waals surface area contributed by atoms with Crippen molar-refractivity contribution in [2.24, 2.45) is 4.99 Å². The highest BCUT2D eigenvalue weighted by atomic mass is 16.5. The van der Waals surface area contributed by atoms with E-state index in [0.717, 1.165) is 63.0 Å². The summed E-state index contributed by atoms with van der Waals surface area (Å²) in [7, 11) is 0. The number of rotatable bonds is 4. The number of ether oxygens (including phenoxy) is 2. The minimum absolute atomic E-state index is 0.250. The molecule has 4 heterocycles. The Morgan fingerprint density at radius 2 is 2.17 bits per heavy atom. The number of piperidine rings is 1. The van der Waals surface area contributed by atoms with Gasteiger partial charge in [0.25, 0.3) is 0 Å². The number of hydrogen-bond donors (Lipinski definition) is 2. The van der Waals surface area contributed by atoms with Gasteiger partial charge in [0.15, 0.2) is 5.82 Å². The van der Waals surface area contributed by atoms with Gasteiger partial charge in [-0.05, 0) is 32.4 Å². The zero-order chi connectivity index (χ0) is 15.5. The van der Waals surface area contributed by atoms with Crippen LogP contribution in [0, 0.1) is 0 Å². The predicted octanol–water partition coefficient (Wildman–Crippen LogP) is 1.37. The second-order valence-corrected chi connectivity index (χ2v) is 6.22. The van der Waals surface area contributed by atoms with Crippen LogP contribution >= 0.6 is 0 Å². The molecule has 0 spiro atoms. The molecule has 0 amide bonds. The van der Waals surface area contributed by atoms with Crippen molar-refractivity contribution >= 4 is 12.0 Å². The van der Waals surface area contributed by atoms with Crippen LogP contribution in [0.3, 0.4) is 0 Å². The average molecular weight is 317 g/mol. The molecule has 3 aliphatic heterocycles. The van der Waals surface area contributed by atoms with Crippen molar-refractivity contribution in [2.45, 2.75) is 31.3 Å². The molecule has 7 heteroatoms. The number of hydrogen-bond acceptors (Lipinski definition) is 6. The molecule has 0 saturated carbocycles. The molecule has 124 valence electrons. The topological polar surface area (TPSA) is 74.8 Å². The first-order valence-corrected chi connectivity index (χ1v) is 8.40. The predicted molar refractivity (Wildman–Crippen MR) is 87.7 cm³/mol. The molecule has 0 bridgehead atoms. The number of aromatic amines is 1. The lowest BCUT2D eigenvalue weighted by Crippen LogP contribution is -2.36. The molecule has 2 fully saturated rings. The summed E-state index contributed by atoms with van der Waals surface area (Å²) < 4.78 is 11.7. The number of nitrogens with zero attached hydrogens (tertiary/aromatic N) is 3. The van der Waals surface area contributed by atoms with Crippen molar-refractivity contribution in [1.29, 1.82) is 0 Å². The van der Waals surface area contributed by atoms with Crippen LogP contribution in [-0.4, -0.2) is 55.4 Å². The first kappa shape index (κ1) is 14.7. The number of anilines is 1. The summed E-state index contributed by atoms with van der Waals surface area (Å²) >= 11 is 0. The van der Waals surface area contributed by atoms with Gasteiger partial charge in [0.1, 0.15) is 6.10 Å². The summed E-state index contributed by atoms with van der Waals surface area (Å²) in [6.07, 6.45) is 7.03. The lowest BCUT2D eigenvalue weighted by molar-refractivity contribution is 0.0834. The summed E-state index contributed by atoms with van der Waals surface area (Å²) in [4.78, 5) is 6.33. The molecule has 0 unspecified atom stereocenters. The van der Waals surface area contributed by atoms with Gasteiger partial charge in [0.2, 0.25) is 5.88 Å². The first-order valence-electron chi connectivity index (χ1n) is 8.40. The van der Waals surface area contributed by atoms with Crippen molar-refractivity contribution in [3.8, 4) is 0 Å². The number of nitrogens with one attached hydrogen (secondary N) is 2. The smallest absolute Gasteiger partial charge is 0.214 e. The Morgan fingerprint density at radius 1 is 1.26 bits per heavy atom. The second kappa shape index (κ2) is 6.72. The molecule has 1 aromatic heterocycles. The van der Waals surface area contributed by atoms with E-state index in [0.29, 0.717) is 12.5 Å². The van der Waals surface area contributed by atoms with Crippen LogP contribution in [0.1, 0.15) is 30.9 Å². The molecular formula is C16H23N5O2. The van der Waals surface area contributed by atoms with E-state index in [-0.39, 0.29) is 6.10 Å². The van der Waals surface area contributed by atoms with Crippen LogP contribution in [0.4, 0.5) is 5.82 Å². The van der Waals surface area contributed by atoms with Gasteiger partial charge in [0, 0.05) is 30.5 Å². The van der Waals surface area contributed by atoms with E-state index in [2.05, 4.69) is 31.5 Å². The van der Waals surface area contributed by atoms with Gasteiger partial charge in [-0.25, -0.2) is 0 Å². The monoisotopic (exact) mass is 317 g/mol. The molecule has 23 heavy (non-hydrogen) atoms. The normalized spacial score (nSPS) is 25.7. The maximum Gasteiger partial charge on any atom is 0.214 e. The molecule has 0 aromatic carbocycles. The standard InChI is InChI=1S/C16H23N5O2/c1-4-17-5-2-13(1)23-16-10-18-6-7-21(16)15-9-14(19-20-15)12-3-8-22-11-12/h6,9-10,12-13,17H,1-5,7-8,11H2,(H,19,20)/t12-/m1/s1. The highest BCUT2D eigenvalue weighted by Crippen LogP contribution is 2.28. The maximum atomic E-state index is 6.19. The van der Waals surface area contributed by atoms with Gasteiger partial charge in [-0.2, -0.15) is 5.10 Å². The third-order valence-electron chi connectivity index (χ3n) is 4.62. The minimum Gasteiger partial charge on any atom is -0.474 e. The van der Waals surface area contributed by atoms with Crippen LogP contribution in [0.2, 0.25) is 0 Å². The lowest BCUT2D eigenvalue weighted by atomic mass is 10.1. The van der Waals surface area contributed by atoms with Crippen LogP contribution in [0.15, 0.2) is 23.1 Å². The van der Waals surface area contributed by atoms with Crippen molar-refractivity contribution in [1.82, 2.24) is 15.5 Å². The van der Waals surface area contributed by atoms with E-state index in [1.807, 2.05) is 6.21 Å². The van der Waals surface area contributed by atoms with Gasteiger partial charge >= 0.3 is 0 Å². The van der Waals surface area contributed by atoms with Crippen molar-refractivity contribution < 1.29 is 9.47 Å². The largest absolute Gasteiger partial charge is 0.474 e. The summed E-state index contributed by atoms with van der Waals surface area (Å²) in [5, 5.41) is 11.0. The average Bonchev–Trinajstić information content (AvgIpc) is 3.28. The molecule has 2 N–H and O–H groups in total. The number of aromatic nitrogens is 2. The first-order chi connectivity index (χ1) is 11.4. The van der Waals surface area contributed by atoms with Crippen molar-refractivity contribution in [3.05, 3.63) is 23.8 Å². The molecule has 3 aliphatic rings. The van der Waals surface area contributed by atoms with E-state index in [1.54, 1.807) is 6.20 Å². The molecule has 1 atom stereocenters. The van der Waals surface area contributed by atoms with E-state index in [4.69, 9.17) is 9.47 Å². The van der Waals surface area contributed by atoms with Crippen LogP contribution in [-0.2, 0) is 9.47 Å². The molecule has 0 aliphatic carbocycles. The number of aliphatic imine (C=N–C) groups is 1. The Morgan fingerprint density at radius 3 is 3.00 bits per heavy atom. The molecular weight excluding hydrogens is 294 g/mol. The fraction of sp³-hybridized carbons (Fsp3) is 0.625. The van der Waals surface area contributed by atoms with Gasteiger partial charge in [-0.1, -0.05) is 0 Å². The maximum absolute atomic E-state index is 6.19. The second-order valence-electron chi connectivity index (χ2n) is 6.22. The molecule has 0 radical (unpaired) electrons. The highest BCUT2D eigenvalue weighted by Gasteiger charge is 2.25. The summed E-state index contributed by atoms with van der Waals surface area (Å²) in [6, 6.07) is 2.11. The Bertz CT molecular complexity index is 585. The van der Waals surface area contributed by atoms with Crippen LogP contribution in [0.25, 0.3) is 0 Å². The Hall–Kier alpha value is -1.86.